The summed E-state index contributed by atoms with van der Waals surface area (Å²) < 4.78 is 16.3. The highest BCUT2D eigenvalue weighted by Gasteiger charge is 2.28. The summed E-state index contributed by atoms with van der Waals surface area (Å²) >= 11 is 0. The number of carbonyl (C=O) groups excluding carboxylic acids is 2. The molecule has 1 N–H and O–H groups in total. The van der Waals surface area contributed by atoms with E-state index in [1.807, 2.05) is 18.2 Å². The zero-order chi connectivity index (χ0) is 21.6. The Bertz CT molecular complexity index is 928. The lowest BCUT2D eigenvalue weighted by Crippen LogP contribution is -2.36. The molecule has 0 unspecified atom stereocenters. The van der Waals surface area contributed by atoms with E-state index in [0.717, 1.165) is 48.4 Å². The second-order valence-electron chi connectivity index (χ2n) is 7.85. The van der Waals surface area contributed by atoms with Gasteiger partial charge in [0.25, 0.3) is 0 Å². The summed E-state index contributed by atoms with van der Waals surface area (Å²) in [5.74, 6) is 1.20. The van der Waals surface area contributed by atoms with Crippen molar-refractivity contribution in [2.24, 2.45) is 0 Å². The van der Waals surface area contributed by atoms with Gasteiger partial charge in [-0.25, -0.2) is 4.79 Å². The van der Waals surface area contributed by atoms with E-state index < -0.39 is 0 Å². The molecule has 1 atom stereocenters. The van der Waals surface area contributed by atoms with Crippen molar-refractivity contribution in [1.29, 1.82) is 0 Å². The van der Waals surface area contributed by atoms with Gasteiger partial charge in [-0.05, 0) is 54.8 Å². The number of ether oxygens (including phenoxy) is 3. The fourth-order valence-electron chi connectivity index (χ4n) is 4.10. The van der Waals surface area contributed by atoms with Gasteiger partial charge in [0.05, 0.1) is 32.4 Å². The molecule has 7 nitrogen and oxygen atoms in total. The summed E-state index contributed by atoms with van der Waals surface area (Å²) in [4.78, 5) is 26.3. The summed E-state index contributed by atoms with van der Waals surface area (Å²) in [6.45, 7) is 2.99. The molecule has 4 rings (SSSR count). The van der Waals surface area contributed by atoms with Gasteiger partial charge in [-0.15, -0.1) is 0 Å². The number of rotatable bonds is 6. The van der Waals surface area contributed by atoms with Crippen molar-refractivity contribution in [2.45, 2.75) is 31.8 Å². The zero-order valence-electron chi connectivity index (χ0n) is 17.8. The Balaban J connectivity index is 1.33. The second kappa shape index (κ2) is 9.83. The molecule has 31 heavy (non-hydrogen) atoms. The topological polar surface area (TPSA) is 77.1 Å². The minimum Gasteiger partial charge on any atom is -0.490 e. The van der Waals surface area contributed by atoms with Crippen LogP contribution in [0.4, 0.5) is 0 Å². The maximum atomic E-state index is 12.6. The molecular weight excluding hydrogens is 396 g/mol. The van der Waals surface area contributed by atoms with Crippen molar-refractivity contribution in [1.82, 2.24) is 10.2 Å². The van der Waals surface area contributed by atoms with E-state index in [9.17, 15) is 9.59 Å². The molecule has 164 valence electrons. The van der Waals surface area contributed by atoms with E-state index >= 15 is 0 Å². The van der Waals surface area contributed by atoms with Crippen molar-refractivity contribution >= 4 is 11.9 Å². The molecule has 0 radical (unpaired) electrons. The highest BCUT2D eigenvalue weighted by atomic mass is 16.5. The number of hydrogen-bond donors (Lipinski definition) is 1. The fraction of sp³-hybridized carbons (Fsp3) is 0.417. The molecule has 2 aromatic rings. The molecule has 0 aliphatic carbocycles. The number of amides is 1. The Labute approximate surface area is 182 Å². The van der Waals surface area contributed by atoms with Gasteiger partial charge in [0.1, 0.15) is 0 Å². The minimum absolute atomic E-state index is 0.0155. The normalized spacial score (nSPS) is 18.3. The van der Waals surface area contributed by atoms with Crippen molar-refractivity contribution in [3.05, 3.63) is 59.2 Å². The van der Waals surface area contributed by atoms with Crippen LogP contribution in [-0.4, -0.2) is 50.2 Å². The Kier molecular flexibility index (Phi) is 6.72. The molecule has 1 amide bonds. The van der Waals surface area contributed by atoms with Crippen LogP contribution >= 0.6 is 0 Å². The van der Waals surface area contributed by atoms with Crippen LogP contribution < -0.4 is 14.8 Å². The van der Waals surface area contributed by atoms with Gasteiger partial charge >= 0.3 is 5.97 Å². The fourth-order valence-corrected chi connectivity index (χ4v) is 4.10. The van der Waals surface area contributed by atoms with E-state index in [1.54, 1.807) is 12.1 Å². The van der Waals surface area contributed by atoms with E-state index in [-0.39, 0.29) is 17.9 Å². The third-order valence-electron chi connectivity index (χ3n) is 5.73. The van der Waals surface area contributed by atoms with Crippen molar-refractivity contribution in [2.75, 3.05) is 33.4 Å². The molecule has 1 saturated heterocycles. The van der Waals surface area contributed by atoms with Crippen LogP contribution in [0.25, 0.3) is 0 Å². The van der Waals surface area contributed by atoms with Gasteiger partial charge < -0.3 is 19.5 Å². The first kappa shape index (κ1) is 21.2. The molecule has 2 aliphatic rings. The smallest absolute Gasteiger partial charge is 0.337 e. The number of methoxy groups -OCH3 is 1. The summed E-state index contributed by atoms with van der Waals surface area (Å²) in [5.41, 5.74) is 2.59. The maximum Gasteiger partial charge on any atom is 0.337 e. The number of nitrogens with one attached hydrogen (secondary N) is 1. The van der Waals surface area contributed by atoms with Gasteiger partial charge in [-0.3, -0.25) is 9.69 Å². The largest absolute Gasteiger partial charge is 0.490 e. The minimum atomic E-state index is -0.370. The van der Waals surface area contributed by atoms with E-state index in [0.29, 0.717) is 31.9 Å². The first-order chi connectivity index (χ1) is 15.1. The summed E-state index contributed by atoms with van der Waals surface area (Å²) in [5, 5.41) is 2.98. The highest BCUT2D eigenvalue weighted by Crippen LogP contribution is 2.37. The Morgan fingerprint density at radius 1 is 1.06 bits per heavy atom. The van der Waals surface area contributed by atoms with Crippen LogP contribution in [0.15, 0.2) is 42.5 Å². The molecule has 0 spiro atoms. The van der Waals surface area contributed by atoms with Gasteiger partial charge in [-0.2, -0.15) is 0 Å². The van der Waals surface area contributed by atoms with Crippen LogP contribution in [-0.2, 0) is 16.1 Å². The molecular formula is C24H28N2O5. The number of esters is 1. The van der Waals surface area contributed by atoms with Gasteiger partial charge in [-0.1, -0.05) is 18.2 Å². The predicted octanol–water partition coefficient (Wildman–Crippen LogP) is 3.09. The lowest BCUT2D eigenvalue weighted by atomic mass is 10.0. The summed E-state index contributed by atoms with van der Waals surface area (Å²) in [7, 11) is 1.36. The quantitative estimate of drug-likeness (QED) is 0.718. The lowest BCUT2D eigenvalue weighted by molar-refractivity contribution is -0.122. The molecule has 0 bridgehead atoms. The average molecular weight is 424 g/mol. The molecule has 2 heterocycles. The molecule has 1 fully saturated rings. The number of nitrogens with zero attached hydrogens (tertiary/aromatic N) is 1. The maximum absolute atomic E-state index is 12.6. The zero-order valence-corrected chi connectivity index (χ0v) is 17.8. The predicted molar refractivity (Wildman–Crippen MR) is 115 cm³/mol. The Hall–Kier alpha value is -3.06. The third-order valence-corrected chi connectivity index (χ3v) is 5.73. The van der Waals surface area contributed by atoms with Crippen LogP contribution in [0.5, 0.6) is 11.5 Å². The Morgan fingerprint density at radius 2 is 1.84 bits per heavy atom. The van der Waals surface area contributed by atoms with Crippen LogP contribution in [0.1, 0.15) is 46.8 Å². The summed E-state index contributed by atoms with van der Waals surface area (Å²) in [6, 6.07) is 13.4. The lowest BCUT2D eigenvalue weighted by Gasteiger charge is -2.25. The van der Waals surface area contributed by atoms with Crippen LogP contribution in [0.3, 0.4) is 0 Å². The van der Waals surface area contributed by atoms with Crippen molar-refractivity contribution < 1.29 is 23.8 Å². The third kappa shape index (κ3) is 5.17. The van der Waals surface area contributed by atoms with Crippen molar-refractivity contribution in [3.63, 3.8) is 0 Å². The molecule has 2 aliphatic heterocycles. The molecule has 7 heteroatoms. The Morgan fingerprint density at radius 3 is 2.61 bits per heavy atom. The molecule has 0 saturated carbocycles. The number of likely N-dealkylation sites (tertiary alicyclic amines) is 1. The second-order valence-corrected chi connectivity index (χ2v) is 7.85. The van der Waals surface area contributed by atoms with Crippen molar-refractivity contribution in [3.8, 4) is 11.5 Å². The van der Waals surface area contributed by atoms with Crippen LogP contribution in [0, 0.1) is 0 Å². The molecule has 0 aromatic heterocycles. The highest BCUT2D eigenvalue weighted by molar-refractivity contribution is 5.89. The van der Waals surface area contributed by atoms with Gasteiger partial charge in [0.2, 0.25) is 5.91 Å². The first-order valence-electron chi connectivity index (χ1n) is 10.7. The average Bonchev–Trinajstić information content (AvgIpc) is 3.12. The number of benzene rings is 2. The number of carbonyl (C=O) groups is 2. The van der Waals surface area contributed by atoms with Gasteiger partial charge in [0, 0.05) is 19.0 Å². The van der Waals surface area contributed by atoms with E-state index in [1.165, 1.54) is 7.11 Å². The van der Waals surface area contributed by atoms with Gasteiger partial charge in [0.15, 0.2) is 11.5 Å². The van der Waals surface area contributed by atoms with E-state index in [4.69, 9.17) is 14.2 Å². The molecule has 2 aromatic carbocycles. The first-order valence-corrected chi connectivity index (χ1v) is 10.7. The monoisotopic (exact) mass is 424 g/mol. The van der Waals surface area contributed by atoms with E-state index in [2.05, 4.69) is 22.3 Å². The number of fused-ring (bicyclic) bond motifs is 1. The standard InChI is InChI=1S/C24H28N2O5/c1-29-24(28)18-7-5-17(6-8-18)15-25-23(27)16-26-11-2-4-20(26)19-9-10-21-22(14-19)31-13-3-12-30-21/h5-10,14,20H,2-4,11-13,15-16H2,1H3,(H,25,27)/t20-/m0/s1. The SMILES string of the molecule is COC(=O)c1ccc(CNC(=O)CN2CCC[C@H]2c2ccc3c(c2)OCCCO3)cc1. The summed E-state index contributed by atoms with van der Waals surface area (Å²) in [6.07, 6.45) is 2.95. The number of hydrogen-bond acceptors (Lipinski definition) is 6. The van der Waals surface area contributed by atoms with Crippen LogP contribution in [0.2, 0.25) is 0 Å².